The largest absolute Gasteiger partial charge is 0.481 e. The lowest BCUT2D eigenvalue weighted by Gasteiger charge is -2.11. The Balaban J connectivity index is 2.60. The number of carboxylic acids is 1. The maximum atomic E-state index is 11.8. The molecule has 0 spiro atoms. The summed E-state index contributed by atoms with van der Waals surface area (Å²) in [4.78, 5) is 33.7. The molecule has 0 saturated heterocycles. The molecule has 1 aromatic carbocycles. The van der Waals surface area contributed by atoms with Crippen LogP contribution in [0.2, 0.25) is 0 Å². The van der Waals surface area contributed by atoms with Gasteiger partial charge in [-0.15, -0.1) is 0 Å². The average Bonchev–Trinajstić information content (AvgIpc) is 2.45. The second-order valence-electron chi connectivity index (χ2n) is 4.62. The molecule has 0 saturated carbocycles. The van der Waals surface area contributed by atoms with Crippen molar-refractivity contribution in [2.75, 3.05) is 12.4 Å². The van der Waals surface area contributed by atoms with Crippen LogP contribution in [0.3, 0.4) is 0 Å². The van der Waals surface area contributed by atoms with Gasteiger partial charge < -0.3 is 15.2 Å². The lowest BCUT2D eigenvalue weighted by Crippen LogP contribution is -2.14. The first-order chi connectivity index (χ1) is 9.95. The Bertz CT molecular complexity index is 539. The van der Waals surface area contributed by atoms with Crippen LogP contribution in [-0.2, 0) is 14.3 Å². The van der Waals surface area contributed by atoms with E-state index in [0.29, 0.717) is 29.7 Å². The third-order valence-corrected chi connectivity index (χ3v) is 3.06. The van der Waals surface area contributed by atoms with Gasteiger partial charge in [0.15, 0.2) is 0 Å². The van der Waals surface area contributed by atoms with E-state index in [1.165, 1.54) is 7.11 Å². The fourth-order valence-corrected chi connectivity index (χ4v) is 1.88. The van der Waals surface area contributed by atoms with Gasteiger partial charge in [0.25, 0.3) is 0 Å². The molecule has 21 heavy (non-hydrogen) atoms. The van der Waals surface area contributed by atoms with Gasteiger partial charge in [0.2, 0.25) is 5.91 Å². The zero-order valence-electron chi connectivity index (χ0n) is 12.1. The SMILES string of the molecule is COC(=O)c1cccc(NC(=O)CCCCC(=O)O)c1C. The van der Waals surface area contributed by atoms with Crippen molar-refractivity contribution in [1.82, 2.24) is 0 Å². The summed E-state index contributed by atoms with van der Waals surface area (Å²) in [5, 5.41) is 11.2. The lowest BCUT2D eigenvalue weighted by atomic mass is 10.1. The number of hydrogen-bond donors (Lipinski definition) is 2. The third kappa shape index (κ3) is 5.25. The molecule has 6 heteroatoms. The lowest BCUT2D eigenvalue weighted by molar-refractivity contribution is -0.137. The number of carbonyl (C=O) groups is 3. The zero-order chi connectivity index (χ0) is 15.8. The van der Waals surface area contributed by atoms with Crippen molar-refractivity contribution in [3.05, 3.63) is 29.3 Å². The quantitative estimate of drug-likeness (QED) is 0.594. The van der Waals surface area contributed by atoms with Gasteiger partial charge in [0.05, 0.1) is 12.7 Å². The van der Waals surface area contributed by atoms with Gasteiger partial charge >= 0.3 is 11.9 Å². The van der Waals surface area contributed by atoms with Crippen LogP contribution in [0.5, 0.6) is 0 Å². The first-order valence-corrected chi connectivity index (χ1v) is 6.65. The van der Waals surface area contributed by atoms with Crippen LogP contribution in [0.25, 0.3) is 0 Å². The molecular formula is C15H19NO5. The maximum absolute atomic E-state index is 11.8. The van der Waals surface area contributed by atoms with Crippen molar-refractivity contribution < 1.29 is 24.2 Å². The summed E-state index contributed by atoms with van der Waals surface area (Å²) >= 11 is 0. The average molecular weight is 293 g/mol. The van der Waals surface area contributed by atoms with Crippen molar-refractivity contribution >= 4 is 23.5 Å². The summed E-state index contributed by atoms with van der Waals surface area (Å²) in [6.07, 6.45) is 1.27. The number of unbranched alkanes of at least 4 members (excludes halogenated alkanes) is 1. The molecule has 6 nitrogen and oxygen atoms in total. The second kappa shape index (κ2) is 8.04. The molecule has 0 unspecified atom stereocenters. The van der Waals surface area contributed by atoms with E-state index in [1.54, 1.807) is 25.1 Å². The molecule has 0 bridgehead atoms. The first-order valence-electron chi connectivity index (χ1n) is 6.65. The van der Waals surface area contributed by atoms with Gasteiger partial charge in [0.1, 0.15) is 0 Å². The second-order valence-corrected chi connectivity index (χ2v) is 4.62. The van der Waals surface area contributed by atoms with Crippen LogP contribution in [0.15, 0.2) is 18.2 Å². The van der Waals surface area contributed by atoms with Crippen molar-refractivity contribution in [3.8, 4) is 0 Å². The molecule has 0 aliphatic heterocycles. The standard InChI is InChI=1S/C15H19NO5/c1-10-11(15(20)21-2)6-5-7-12(10)16-13(17)8-3-4-9-14(18)19/h5-7H,3-4,8-9H2,1-2H3,(H,16,17)(H,18,19). The Morgan fingerprint density at radius 1 is 1.19 bits per heavy atom. The minimum atomic E-state index is -0.864. The topological polar surface area (TPSA) is 92.7 Å². The van der Waals surface area contributed by atoms with Crippen LogP contribution < -0.4 is 5.32 Å². The summed E-state index contributed by atoms with van der Waals surface area (Å²) in [5.74, 6) is -1.52. The number of carboxylic acid groups (broad SMARTS) is 1. The molecular weight excluding hydrogens is 274 g/mol. The minimum Gasteiger partial charge on any atom is -0.481 e. The number of carbonyl (C=O) groups excluding carboxylic acids is 2. The Hall–Kier alpha value is -2.37. The molecule has 0 aliphatic carbocycles. The summed E-state index contributed by atoms with van der Waals surface area (Å²) in [6, 6.07) is 5.00. The molecule has 1 amide bonds. The Morgan fingerprint density at radius 2 is 1.86 bits per heavy atom. The van der Waals surface area contributed by atoms with E-state index in [2.05, 4.69) is 10.1 Å². The highest BCUT2D eigenvalue weighted by atomic mass is 16.5. The van der Waals surface area contributed by atoms with Gasteiger partial charge in [-0.1, -0.05) is 6.07 Å². The number of ether oxygens (including phenoxy) is 1. The summed E-state index contributed by atoms with van der Waals surface area (Å²) < 4.78 is 4.67. The fraction of sp³-hybridized carbons (Fsp3) is 0.400. The molecule has 1 aromatic rings. The van der Waals surface area contributed by atoms with Gasteiger partial charge in [-0.05, 0) is 37.5 Å². The number of aliphatic carboxylic acids is 1. The van der Waals surface area contributed by atoms with Crippen molar-refractivity contribution in [1.29, 1.82) is 0 Å². The van der Waals surface area contributed by atoms with Crippen LogP contribution in [-0.4, -0.2) is 30.1 Å². The number of hydrogen-bond acceptors (Lipinski definition) is 4. The van der Waals surface area contributed by atoms with Crippen LogP contribution in [0.1, 0.15) is 41.6 Å². The summed E-state index contributed by atoms with van der Waals surface area (Å²) in [7, 11) is 1.30. The molecule has 0 atom stereocenters. The number of methoxy groups -OCH3 is 1. The minimum absolute atomic E-state index is 0.0597. The highest BCUT2D eigenvalue weighted by Gasteiger charge is 2.13. The smallest absolute Gasteiger partial charge is 0.338 e. The number of rotatable bonds is 7. The number of esters is 1. The van der Waals surface area contributed by atoms with Crippen molar-refractivity contribution in [3.63, 3.8) is 0 Å². The van der Waals surface area contributed by atoms with Gasteiger partial charge in [-0.25, -0.2) is 4.79 Å². The predicted molar refractivity (Wildman–Crippen MR) is 77.3 cm³/mol. The van der Waals surface area contributed by atoms with Crippen molar-refractivity contribution in [2.45, 2.75) is 32.6 Å². The molecule has 2 N–H and O–H groups in total. The van der Waals surface area contributed by atoms with Crippen LogP contribution in [0.4, 0.5) is 5.69 Å². The van der Waals surface area contributed by atoms with Gasteiger partial charge in [-0.2, -0.15) is 0 Å². The van der Waals surface area contributed by atoms with Crippen LogP contribution in [0, 0.1) is 6.92 Å². The third-order valence-electron chi connectivity index (χ3n) is 3.06. The number of benzene rings is 1. The number of nitrogens with one attached hydrogen (secondary N) is 1. The number of anilines is 1. The molecule has 0 aliphatic rings. The Labute approximate surface area is 123 Å². The van der Waals surface area contributed by atoms with E-state index >= 15 is 0 Å². The number of amides is 1. The van der Waals surface area contributed by atoms with Gasteiger partial charge in [-0.3, -0.25) is 9.59 Å². The normalized spacial score (nSPS) is 10.0. The summed E-state index contributed by atoms with van der Waals surface area (Å²) in [6.45, 7) is 1.73. The Kier molecular flexibility index (Phi) is 6.39. The highest BCUT2D eigenvalue weighted by molar-refractivity contribution is 5.96. The molecule has 114 valence electrons. The van der Waals surface area contributed by atoms with Gasteiger partial charge in [0, 0.05) is 18.5 Å². The molecule has 0 fully saturated rings. The van der Waals surface area contributed by atoms with Crippen molar-refractivity contribution in [2.24, 2.45) is 0 Å². The molecule has 1 rings (SSSR count). The van der Waals surface area contributed by atoms with E-state index in [0.717, 1.165) is 0 Å². The van der Waals surface area contributed by atoms with E-state index in [1.807, 2.05) is 0 Å². The first kappa shape index (κ1) is 16.7. The monoisotopic (exact) mass is 293 g/mol. The maximum Gasteiger partial charge on any atom is 0.338 e. The van der Waals surface area contributed by atoms with E-state index in [-0.39, 0.29) is 18.7 Å². The Morgan fingerprint density at radius 3 is 2.48 bits per heavy atom. The highest BCUT2D eigenvalue weighted by Crippen LogP contribution is 2.20. The molecule has 0 radical (unpaired) electrons. The summed E-state index contributed by atoms with van der Waals surface area (Å²) in [5.41, 5.74) is 1.60. The zero-order valence-corrected chi connectivity index (χ0v) is 12.1. The predicted octanol–water partition coefficient (Wildman–Crippen LogP) is 2.37. The molecule has 0 aromatic heterocycles. The van der Waals surface area contributed by atoms with E-state index in [4.69, 9.17) is 5.11 Å². The van der Waals surface area contributed by atoms with E-state index < -0.39 is 11.9 Å². The van der Waals surface area contributed by atoms with E-state index in [9.17, 15) is 14.4 Å². The molecule has 0 heterocycles. The fourth-order valence-electron chi connectivity index (χ4n) is 1.88. The van der Waals surface area contributed by atoms with Crippen LogP contribution >= 0.6 is 0 Å².